The molecule has 1 fully saturated rings. The molecule has 2 atom stereocenters. The lowest BCUT2D eigenvalue weighted by molar-refractivity contribution is -0.0298. The van der Waals surface area contributed by atoms with Crippen LogP contribution in [0.25, 0.3) is 0 Å². The summed E-state index contributed by atoms with van der Waals surface area (Å²) in [5.41, 5.74) is 7.16. The minimum Gasteiger partial charge on any atom is -0.378 e. The molecular formula is C13H26N2O. The summed E-state index contributed by atoms with van der Waals surface area (Å²) in [6, 6.07) is 0. The van der Waals surface area contributed by atoms with E-state index < -0.39 is 0 Å². The minimum atomic E-state index is 0.0665. The molecule has 1 rings (SSSR count). The van der Waals surface area contributed by atoms with E-state index >= 15 is 0 Å². The van der Waals surface area contributed by atoms with Crippen LogP contribution < -0.4 is 11.1 Å². The lowest BCUT2D eigenvalue weighted by Crippen LogP contribution is -2.56. The monoisotopic (exact) mass is 226 g/mol. The Morgan fingerprint density at radius 3 is 2.94 bits per heavy atom. The van der Waals surface area contributed by atoms with Crippen LogP contribution in [-0.4, -0.2) is 31.3 Å². The molecule has 0 aliphatic carbocycles. The molecule has 2 unspecified atom stereocenters. The number of ether oxygens (including phenoxy) is 1. The summed E-state index contributed by atoms with van der Waals surface area (Å²) in [7, 11) is 0. The van der Waals surface area contributed by atoms with E-state index in [4.69, 9.17) is 10.5 Å². The fourth-order valence-corrected chi connectivity index (χ4v) is 2.28. The average molecular weight is 226 g/mol. The Balaban J connectivity index is 2.52. The molecule has 0 spiro atoms. The van der Waals surface area contributed by atoms with Crippen LogP contribution in [0.1, 0.15) is 39.5 Å². The fraction of sp³-hybridized carbons (Fsp3) is 0.846. The summed E-state index contributed by atoms with van der Waals surface area (Å²) in [6.45, 7) is 10.5. The fourth-order valence-electron chi connectivity index (χ4n) is 2.28. The molecule has 0 amide bonds. The van der Waals surface area contributed by atoms with Crippen LogP contribution in [0.3, 0.4) is 0 Å². The zero-order valence-electron chi connectivity index (χ0n) is 10.7. The van der Waals surface area contributed by atoms with E-state index in [1.54, 1.807) is 0 Å². The molecule has 1 saturated heterocycles. The highest BCUT2D eigenvalue weighted by Gasteiger charge is 2.34. The van der Waals surface area contributed by atoms with E-state index in [9.17, 15) is 0 Å². The normalized spacial score (nSPS) is 30.3. The van der Waals surface area contributed by atoms with Crippen molar-refractivity contribution in [2.45, 2.75) is 51.2 Å². The van der Waals surface area contributed by atoms with Crippen LogP contribution in [0.2, 0.25) is 0 Å². The Bertz CT molecular complexity index is 228. The Morgan fingerprint density at radius 1 is 1.62 bits per heavy atom. The van der Waals surface area contributed by atoms with E-state index in [0.29, 0.717) is 12.6 Å². The van der Waals surface area contributed by atoms with Crippen molar-refractivity contribution in [3.8, 4) is 0 Å². The first-order chi connectivity index (χ1) is 7.62. The van der Waals surface area contributed by atoms with Crippen molar-refractivity contribution in [2.75, 3.05) is 19.7 Å². The highest BCUT2D eigenvalue weighted by atomic mass is 16.5. The first kappa shape index (κ1) is 13.7. The number of nitrogens with one attached hydrogen (secondary N) is 1. The van der Waals surface area contributed by atoms with Gasteiger partial charge in [-0.25, -0.2) is 0 Å². The molecule has 0 bridgehead atoms. The molecule has 1 aliphatic rings. The summed E-state index contributed by atoms with van der Waals surface area (Å²) in [5, 5.41) is 3.57. The van der Waals surface area contributed by atoms with Crippen molar-refractivity contribution < 1.29 is 4.74 Å². The third-order valence-corrected chi connectivity index (χ3v) is 3.32. The smallest absolute Gasteiger partial charge is 0.0593 e. The zero-order valence-corrected chi connectivity index (χ0v) is 10.7. The van der Waals surface area contributed by atoms with Gasteiger partial charge in [0, 0.05) is 25.2 Å². The standard InChI is InChI=1S/C13H26N2O/c1-4-5-12-8-13(10-14,6-7-16-12)15-9-11(2)3/h12,15H,2,4-10,14H2,1,3H3. The van der Waals surface area contributed by atoms with Gasteiger partial charge in [-0.05, 0) is 26.2 Å². The number of hydrogen-bond donors (Lipinski definition) is 2. The maximum absolute atomic E-state index is 5.94. The third kappa shape index (κ3) is 3.89. The third-order valence-electron chi connectivity index (χ3n) is 3.32. The Morgan fingerprint density at radius 2 is 2.38 bits per heavy atom. The van der Waals surface area contributed by atoms with Crippen molar-refractivity contribution in [1.29, 1.82) is 0 Å². The summed E-state index contributed by atoms with van der Waals surface area (Å²) in [6.07, 6.45) is 4.73. The second-order valence-corrected chi connectivity index (χ2v) is 5.03. The maximum atomic E-state index is 5.94. The van der Waals surface area contributed by atoms with Crippen molar-refractivity contribution in [3.05, 3.63) is 12.2 Å². The van der Waals surface area contributed by atoms with Crippen LogP contribution in [0.4, 0.5) is 0 Å². The van der Waals surface area contributed by atoms with Gasteiger partial charge in [0.05, 0.1) is 6.10 Å². The van der Waals surface area contributed by atoms with E-state index in [1.165, 1.54) is 6.42 Å². The van der Waals surface area contributed by atoms with Crippen LogP contribution in [0.5, 0.6) is 0 Å². The minimum absolute atomic E-state index is 0.0665. The molecule has 3 heteroatoms. The zero-order chi connectivity index (χ0) is 12.0. The van der Waals surface area contributed by atoms with Gasteiger partial charge in [-0.15, -0.1) is 0 Å². The van der Waals surface area contributed by atoms with E-state index in [1.807, 2.05) is 6.92 Å². The molecule has 0 aromatic carbocycles. The lowest BCUT2D eigenvalue weighted by Gasteiger charge is -2.41. The molecule has 16 heavy (non-hydrogen) atoms. The molecule has 0 aromatic rings. The number of rotatable bonds is 6. The lowest BCUT2D eigenvalue weighted by atomic mass is 9.85. The van der Waals surface area contributed by atoms with Crippen LogP contribution in [0, 0.1) is 0 Å². The summed E-state index contributed by atoms with van der Waals surface area (Å²) in [5.74, 6) is 0. The van der Waals surface area contributed by atoms with Gasteiger partial charge in [0.15, 0.2) is 0 Å². The van der Waals surface area contributed by atoms with Gasteiger partial charge in [0.25, 0.3) is 0 Å². The predicted octanol–water partition coefficient (Wildman–Crippen LogP) is 1.83. The molecular weight excluding hydrogens is 200 g/mol. The molecule has 1 aliphatic heterocycles. The van der Waals surface area contributed by atoms with Crippen LogP contribution in [-0.2, 0) is 4.74 Å². The van der Waals surface area contributed by atoms with Crippen LogP contribution >= 0.6 is 0 Å². The summed E-state index contributed by atoms with van der Waals surface area (Å²) < 4.78 is 5.76. The SMILES string of the molecule is C=C(C)CNC1(CN)CCOC(CCC)C1. The van der Waals surface area contributed by atoms with Gasteiger partial charge in [-0.3, -0.25) is 0 Å². The largest absolute Gasteiger partial charge is 0.378 e. The van der Waals surface area contributed by atoms with Crippen molar-refractivity contribution in [2.24, 2.45) is 5.73 Å². The van der Waals surface area contributed by atoms with Gasteiger partial charge < -0.3 is 15.8 Å². The Hall–Kier alpha value is -0.380. The second kappa shape index (κ2) is 6.38. The van der Waals surface area contributed by atoms with E-state index in [-0.39, 0.29) is 5.54 Å². The average Bonchev–Trinajstić information content (AvgIpc) is 2.27. The molecule has 0 aromatic heterocycles. The van der Waals surface area contributed by atoms with Crippen LogP contribution in [0.15, 0.2) is 12.2 Å². The first-order valence-electron chi connectivity index (χ1n) is 6.33. The Labute approximate surface area is 99.4 Å². The maximum Gasteiger partial charge on any atom is 0.0593 e. The highest BCUT2D eigenvalue weighted by Crippen LogP contribution is 2.26. The topological polar surface area (TPSA) is 47.3 Å². The summed E-state index contributed by atoms with van der Waals surface area (Å²) in [4.78, 5) is 0. The molecule has 3 N–H and O–H groups in total. The van der Waals surface area contributed by atoms with Gasteiger partial charge in [0.2, 0.25) is 0 Å². The number of nitrogens with two attached hydrogens (primary N) is 1. The van der Waals surface area contributed by atoms with Gasteiger partial charge >= 0.3 is 0 Å². The second-order valence-electron chi connectivity index (χ2n) is 5.03. The first-order valence-corrected chi connectivity index (χ1v) is 6.33. The highest BCUT2D eigenvalue weighted by molar-refractivity contribution is 4.99. The quantitative estimate of drug-likeness (QED) is 0.679. The van der Waals surface area contributed by atoms with E-state index in [2.05, 4.69) is 18.8 Å². The van der Waals surface area contributed by atoms with Crippen molar-refractivity contribution >= 4 is 0 Å². The molecule has 94 valence electrons. The van der Waals surface area contributed by atoms with Crippen molar-refractivity contribution in [3.63, 3.8) is 0 Å². The van der Waals surface area contributed by atoms with Gasteiger partial charge in [0.1, 0.15) is 0 Å². The van der Waals surface area contributed by atoms with E-state index in [0.717, 1.165) is 38.0 Å². The molecule has 3 nitrogen and oxygen atoms in total. The van der Waals surface area contributed by atoms with Gasteiger partial charge in [-0.2, -0.15) is 0 Å². The summed E-state index contributed by atoms with van der Waals surface area (Å²) >= 11 is 0. The molecule has 0 saturated carbocycles. The predicted molar refractivity (Wildman–Crippen MR) is 68.5 cm³/mol. The van der Waals surface area contributed by atoms with Gasteiger partial charge in [-0.1, -0.05) is 25.5 Å². The van der Waals surface area contributed by atoms with Crippen molar-refractivity contribution in [1.82, 2.24) is 5.32 Å². The number of hydrogen-bond acceptors (Lipinski definition) is 3. The Kier molecular flexibility index (Phi) is 5.46. The molecule has 1 heterocycles. The molecule has 0 radical (unpaired) electrons.